The first-order chi connectivity index (χ1) is 9.39. The van der Waals surface area contributed by atoms with Crippen molar-refractivity contribution in [3.05, 3.63) is 0 Å². The molecule has 1 aliphatic heterocycles. The quantitative estimate of drug-likeness (QED) is 0.513. The number of nitrogens with zero attached hydrogens (tertiary/aromatic N) is 1. The fraction of sp³-hybridized carbons (Fsp3) is 1.00. The first-order valence-corrected chi connectivity index (χ1v) is 9.12. The minimum absolute atomic E-state index is 0.516. The molecule has 0 atom stereocenters. The Morgan fingerprint density at radius 1 is 0.900 bits per heavy atom. The normalized spacial score (nSPS) is 18.9. The second-order valence-electron chi connectivity index (χ2n) is 8.43. The summed E-state index contributed by atoms with van der Waals surface area (Å²) < 4.78 is 0. The molecule has 0 aromatic heterocycles. The van der Waals surface area contributed by atoms with Crippen LogP contribution in [0.2, 0.25) is 0 Å². The van der Waals surface area contributed by atoms with Gasteiger partial charge in [-0.05, 0) is 56.1 Å². The largest absolute Gasteiger partial charge is 0.303 e. The molecule has 1 aliphatic rings. The van der Waals surface area contributed by atoms with Gasteiger partial charge in [0.05, 0.1) is 0 Å². The van der Waals surface area contributed by atoms with Gasteiger partial charge in [0.2, 0.25) is 0 Å². The maximum absolute atomic E-state index is 2.70. The molecule has 0 bridgehead atoms. The zero-order valence-electron chi connectivity index (χ0n) is 14.9. The molecule has 0 aromatic rings. The van der Waals surface area contributed by atoms with Crippen LogP contribution >= 0.6 is 0 Å². The first kappa shape index (κ1) is 18.0. The lowest BCUT2D eigenvalue weighted by Gasteiger charge is -2.38. The summed E-state index contributed by atoms with van der Waals surface area (Å²) >= 11 is 0. The van der Waals surface area contributed by atoms with E-state index in [1.54, 1.807) is 0 Å². The molecule has 120 valence electrons. The molecule has 0 aliphatic carbocycles. The molecular formula is C19H39N. The third-order valence-corrected chi connectivity index (χ3v) is 5.07. The van der Waals surface area contributed by atoms with Gasteiger partial charge in [0, 0.05) is 0 Å². The standard InChI is InChI=1S/C19H39N/c1-17(2)11-9-7-6-8-10-14-20-15-12-18(13-16-20)19(3,4)5/h17-18H,6-16H2,1-5H3. The monoisotopic (exact) mass is 281 g/mol. The Bertz CT molecular complexity index is 231. The average Bonchev–Trinajstić information content (AvgIpc) is 2.37. The van der Waals surface area contributed by atoms with E-state index < -0.39 is 0 Å². The van der Waals surface area contributed by atoms with Gasteiger partial charge in [-0.1, -0.05) is 66.7 Å². The number of hydrogen-bond acceptors (Lipinski definition) is 1. The minimum atomic E-state index is 0.516. The molecule has 0 saturated carbocycles. The predicted octanol–water partition coefficient (Wildman–Crippen LogP) is 5.74. The van der Waals surface area contributed by atoms with Gasteiger partial charge in [-0.2, -0.15) is 0 Å². The zero-order chi connectivity index (χ0) is 15.0. The van der Waals surface area contributed by atoms with Crippen molar-refractivity contribution < 1.29 is 0 Å². The highest BCUT2D eigenvalue weighted by Crippen LogP contribution is 2.34. The van der Waals surface area contributed by atoms with Crippen molar-refractivity contribution in [2.24, 2.45) is 17.3 Å². The van der Waals surface area contributed by atoms with Crippen molar-refractivity contribution >= 4 is 0 Å². The Hall–Kier alpha value is -0.0400. The van der Waals surface area contributed by atoms with Crippen molar-refractivity contribution in [2.45, 2.75) is 86.0 Å². The Labute approximate surface area is 128 Å². The van der Waals surface area contributed by atoms with E-state index in [0.29, 0.717) is 5.41 Å². The minimum Gasteiger partial charge on any atom is -0.303 e. The molecule has 1 saturated heterocycles. The van der Waals surface area contributed by atoms with Gasteiger partial charge in [-0.15, -0.1) is 0 Å². The molecule has 1 nitrogen and oxygen atoms in total. The van der Waals surface area contributed by atoms with Crippen LogP contribution in [0, 0.1) is 17.3 Å². The molecule has 20 heavy (non-hydrogen) atoms. The Kier molecular flexibility index (Phi) is 8.17. The topological polar surface area (TPSA) is 3.24 Å². The van der Waals surface area contributed by atoms with Gasteiger partial charge in [0.25, 0.3) is 0 Å². The molecule has 0 N–H and O–H groups in total. The van der Waals surface area contributed by atoms with Gasteiger partial charge in [0.1, 0.15) is 0 Å². The van der Waals surface area contributed by atoms with Gasteiger partial charge in [-0.25, -0.2) is 0 Å². The number of hydrogen-bond donors (Lipinski definition) is 0. The third-order valence-electron chi connectivity index (χ3n) is 5.07. The second-order valence-corrected chi connectivity index (χ2v) is 8.43. The first-order valence-electron chi connectivity index (χ1n) is 9.12. The van der Waals surface area contributed by atoms with E-state index in [0.717, 1.165) is 11.8 Å². The lowest BCUT2D eigenvalue weighted by Crippen LogP contribution is -2.38. The number of piperidine rings is 1. The molecule has 0 spiro atoms. The summed E-state index contributed by atoms with van der Waals surface area (Å²) in [5, 5.41) is 0. The SMILES string of the molecule is CC(C)CCCCCCCN1CCC(C(C)(C)C)CC1. The van der Waals surface area contributed by atoms with E-state index in [4.69, 9.17) is 0 Å². The van der Waals surface area contributed by atoms with Crippen LogP contribution in [0.15, 0.2) is 0 Å². The molecule has 1 heterocycles. The highest BCUT2D eigenvalue weighted by atomic mass is 15.1. The number of rotatable bonds is 8. The summed E-state index contributed by atoms with van der Waals surface area (Å²) in [6.07, 6.45) is 11.4. The van der Waals surface area contributed by atoms with E-state index in [1.807, 2.05) is 0 Å². The number of unbranched alkanes of at least 4 members (excludes halogenated alkanes) is 4. The van der Waals surface area contributed by atoms with Crippen LogP contribution in [0.1, 0.15) is 86.0 Å². The van der Waals surface area contributed by atoms with Gasteiger partial charge >= 0.3 is 0 Å². The van der Waals surface area contributed by atoms with Crippen LogP contribution in [-0.4, -0.2) is 24.5 Å². The summed E-state index contributed by atoms with van der Waals surface area (Å²) in [6, 6.07) is 0. The molecule has 0 unspecified atom stereocenters. The molecule has 0 aromatic carbocycles. The smallest absolute Gasteiger partial charge is 0.00159 e. The third kappa shape index (κ3) is 7.67. The average molecular weight is 282 g/mol. The summed E-state index contributed by atoms with van der Waals surface area (Å²) in [4.78, 5) is 2.70. The lowest BCUT2D eigenvalue weighted by molar-refractivity contribution is 0.111. The van der Waals surface area contributed by atoms with E-state index in [-0.39, 0.29) is 0 Å². The van der Waals surface area contributed by atoms with Crippen molar-refractivity contribution in [3.8, 4) is 0 Å². The summed E-state index contributed by atoms with van der Waals surface area (Å²) in [7, 11) is 0. The molecular weight excluding hydrogens is 242 g/mol. The predicted molar refractivity (Wildman–Crippen MR) is 91.2 cm³/mol. The van der Waals surface area contributed by atoms with Crippen LogP contribution in [0.25, 0.3) is 0 Å². The molecule has 0 radical (unpaired) electrons. The molecule has 1 heteroatoms. The van der Waals surface area contributed by atoms with E-state index >= 15 is 0 Å². The van der Waals surface area contributed by atoms with E-state index in [9.17, 15) is 0 Å². The Balaban J connectivity index is 1.97. The highest BCUT2D eigenvalue weighted by Gasteiger charge is 2.28. The van der Waals surface area contributed by atoms with Crippen LogP contribution < -0.4 is 0 Å². The number of likely N-dealkylation sites (tertiary alicyclic amines) is 1. The van der Waals surface area contributed by atoms with Crippen LogP contribution in [0.5, 0.6) is 0 Å². The van der Waals surface area contributed by atoms with Crippen LogP contribution in [-0.2, 0) is 0 Å². The van der Waals surface area contributed by atoms with Crippen LogP contribution in [0.4, 0.5) is 0 Å². The maximum atomic E-state index is 2.70. The summed E-state index contributed by atoms with van der Waals surface area (Å²) in [5.74, 6) is 1.83. The second kappa shape index (κ2) is 9.07. The van der Waals surface area contributed by atoms with Crippen molar-refractivity contribution in [2.75, 3.05) is 19.6 Å². The zero-order valence-corrected chi connectivity index (χ0v) is 14.9. The fourth-order valence-corrected chi connectivity index (χ4v) is 3.44. The molecule has 0 amide bonds. The molecule has 1 fully saturated rings. The van der Waals surface area contributed by atoms with E-state index in [1.165, 1.54) is 71.0 Å². The lowest BCUT2D eigenvalue weighted by atomic mass is 9.75. The van der Waals surface area contributed by atoms with Crippen LogP contribution in [0.3, 0.4) is 0 Å². The summed E-state index contributed by atoms with van der Waals surface area (Å²) in [5.41, 5.74) is 0.516. The van der Waals surface area contributed by atoms with Crippen molar-refractivity contribution in [3.63, 3.8) is 0 Å². The van der Waals surface area contributed by atoms with Gasteiger partial charge in [0.15, 0.2) is 0 Å². The fourth-order valence-electron chi connectivity index (χ4n) is 3.44. The Morgan fingerprint density at radius 2 is 1.45 bits per heavy atom. The maximum Gasteiger partial charge on any atom is -0.00159 e. The van der Waals surface area contributed by atoms with Gasteiger partial charge in [-0.3, -0.25) is 0 Å². The Morgan fingerprint density at radius 3 is 2.00 bits per heavy atom. The molecule has 1 rings (SSSR count). The van der Waals surface area contributed by atoms with Crippen molar-refractivity contribution in [1.82, 2.24) is 4.90 Å². The van der Waals surface area contributed by atoms with Gasteiger partial charge < -0.3 is 4.90 Å². The summed E-state index contributed by atoms with van der Waals surface area (Å²) in [6.45, 7) is 15.9. The van der Waals surface area contributed by atoms with Crippen molar-refractivity contribution in [1.29, 1.82) is 0 Å². The highest BCUT2D eigenvalue weighted by molar-refractivity contribution is 4.80. The van der Waals surface area contributed by atoms with E-state index in [2.05, 4.69) is 39.5 Å².